The minimum atomic E-state index is 0.481. The number of hydrogen-bond donors (Lipinski definition) is 0. The molecule has 0 heterocycles. The summed E-state index contributed by atoms with van der Waals surface area (Å²) in [6, 6.07) is 0. The van der Waals surface area contributed by atoms with Crippen LogP contribution in [0.4, 0.5) is 0 Å². The number of ether oxygens (including phenoxy) is 1. The first kappa shape index (κ1) is 6.24. The summed E-state index contributed by atoms with van der Waals surface area (Å²) in [6.07, 6.45) is 3.41. The molecule has 1 nitrogen and oxygen atoms in total. The Labute approximate surface area is 47.1 Å². The highest BCUT2D eigenvalue weighted by molar-refractivity contribution is 8.23. The van der Waals surface area contributed by atoms with Crippen molar-refractivity contribution < 1.29 is 4.74 Å². The van der Waals surface area contributed by atoms with Gasteiger partial charge in [0.05, 0.1) is 7.11 Å². The third-order valence-corrected chi connectivity index (χ3v) is 1.21. The largest absolute Gasteiger partial charge is 0.482 e. The molecular formula is C3H5OS2. The van der Waals surface area contributed by atoms with Gasteiger partial charge in [-0.3, -0.25) is 0 Å². The van der Waals surface area contributed by atoms with E-state index in [1.54, 1.807) is 0 Å². The van der Waals surface area contributed by atoms with Crippen LogP contribution in [0.25, 0.3) is 0 Å². The highest BCUT2D eigenvalue weighted by Crippen LogP contribution is 1.98. The highest BCUT2D eigenvalue weighted by atomic mass is 32.2. The molecule has 0 amide bonds. The van der Waals surface area contributed by atoms with Gasteiger partial charge in [-0.15, -0.1) is 0 Å². The van der Waals surface area contributed by atoms with E-state index in [2.05, 4.69) is 23.2 Å². The van der Waals surface area contributed by atoms with E-state index in [-0.39, 0.29) is 0 Å². The first-order valence-corrected chi connectivity index (χ1v) is 2.70. The number of thioether (sulfide) groups is 1. The lowest BCUT2D eigenvalue weighted by molar-refractivity contribution is 0.426. The van der Waals surface area contributed by atoms with E-state index in [4.69, 9.17) is 0 Å². The van der Waals surface area contributed by atoms with Crippen molar-refractivity contribution in [2.75, 3.05) is 7.11 Å². The Kier molecular flexibility index (Phi) is 3.57. The summed E-state index contributed by atoms with van der Waals surface area (Å²) in [5.41, 5.74) is 0. The molecule has 1 radical (unpaired) electrons. The molecule has 0 aromatic carbocycles. The van der Waals surface area contributed by atoms with Crippen molar-refractivity contribution in [3.63, 3.8) is 0 Å². The topological polar surface area (TPSA) is 9.23 Å². The highest BCUT2D eigenvalue weighted by Gasteiger charge is 1.82. The molecule has 0 fully saturated rings. The van der Waals surface area contributed by atoms with Crippen molar-refractivity contribution in [1.82, 2.24) is 0 Å². The summed E-state index contributed by atoms with van der Waals surface area (Å²) in [4.78, 5) is 0. The lowest BCUT2D eigenvalue weighted by Crippen LogP contribution is -1.84. The number of thiocarbonyl (C=S) groups is 1. The Balaban J connectivity index is 2.99. The number of hydrogen-bond acceptors (Lipinski definition) is 3. The van der Waals surface area contributed by atoms with Crippen molar-refractivity contribution in [3.8, 4) is 0 Å². The Bertz CT molecular complexity index is 46.8. The van der Waals surface area contributed by atoms with Crippen molar-refractivity contribution in [1.29, 1.82) is 0 Å². The molecule has 0 aromatic rings. The third kappa shape index (κ3) is 2.48. The number of methoxy groups -OCH3 is 1. The Morgan fingerprint density at radius 3 is 2.50 bits per heavy atom. The molecule has 0 spiro atoms. The van der Waals surface area contributed by atoms with Gasteiger partial charge in [-0.2, -0.15) is 0 Å². The molecule has 0 aromatic heterocycles. The van der Waals surface area contributed by atoms with Gasteiger partial charge in [0.25, 0.3) is 0 Å². The van der Waals surface area contributed by atoms with E-state index >= 15 is 0 Å². The molecule has 0 aliphatic carbocycles. The van der Waals surface area contributed by atoms with E-state index in [1.807, 2.05) is 0 Å². The predicted molar refractivity (Wildman–Crippen MR) is 32.6 cm³/mol. The summed E-state index contributed by atoms with van der Waals surface area (Å²) >= 11 is 5.72. The van der Waals surface area contributed by atoms with Gasteiger partial charge in [0.15, 0.2) is 0 Å². The van der Waals surface area contributed by atoms with Gasteiger partial charge in [0, 0.05) is 6.26 Å². The van der Waals surface area contributed by atoms with E-state index in [0.29, 0.717) is 4.38 Å². The molecule has 0 N–H and O–H groups in total. The zero-order chi connectivity index (χ0) is 4.99. The predicted octanol–water partition coefficient (Wildman–Crippen LogP) is 1.44. The van der Waals surface area contributed by atoms with Crippen LogP contribution < -0.4 is 0 Å². The van der Waals surface area contributed by atoms with Crippen LogP contribution in [0, 0.1) is 6.26 Å². The molecule has 0 bridgehead atoms. The molecule has 35 valence electrons. The average molecular weight is 121 g/mol. The second-order valence-electron chi connectivity index (χ2n) is 0.598. The quantitative estimate of drug-likeness (QED) is 0.449. The molecule has 6 heavy (non-hydrogen) atoms. The normalized spacial score (nSPS) is 7.67. The van der Waals surface area contributed by atoms with Gasteiger partial charge in [0.1, 0.15) is 0 Å². The molecule has 0 aliphatic rings. The van der Waals surface area contributed by atoms with Crippen LogP contribution >= 0.6 is 24.0 Å². The number of rotatable bonds is 0. The second kappa shape index (κ2) is 3.43. The fourth-order valence-electron chi connectivity index (χ4n) is 0.0589. The summed E-state index contributed by atoms with van der Waals surface area (Å²) in [5, 5.41) is 0. The van der Waals surface area contributed by atoms with Crippen LogP contribution in [-0.2, 0) is 4.74 Å². The molecule has 0 rings (SSSR count). The lowest BCUT2D eigenvalue weighted by atomic mass is 11.5. The van der Waals surface area contributed by atoms with Gasteiger partial charge in [0.2, 0.25) is 4.38 Å². The summed E-state index contributed by atoms with van der Waals surface area (Å²) in [7, 11) is 1.53. The first-order valence-electron chi connectivity index (χ1n) is 1.31. The van der Waals surface area contributed by atoms with Gasteiger partial charge in [-0.25, -0.2) is 0 Å². The van der Waals surface area contributed by atoms with Crippen LogP contribution in [-0.4, -0.2) is 11.5 Å². The van der Waals surface area contributed by atoms with Crippen LogP contribution in [0.2, 0.25) is 0 Å². The van der Waals surface area contributed by atoms with Gasteiger partial charge >= 0.3 is 0 Å². The third-order valence-electron chi connectivity index (χ3n) is 0.285. The van der Waals surface area contributed by atoms with E-state index in [1.165, 1.54) is 18.9 Å². The van der Waals surface area contributed by atoms with Gasteiger partial charge in [-0.1, -0.05) is 11.8 Å². The minimum Gasteiger partial charge on any atom is -0.482 e. The Morgan fingerprint density at radius 1 is 2.00 bits per heavy atom. The van der Waals surface area contributed by atoms with Crippen LogP contribution in [0.1, 0.15) is 0 Å². The van der Waals surface area contributed by atoms with E-state index in [0.717, 1.165) is 0 Å². The van der Waals surface area contributed by atoms with E-state index in [9.17, 15) is 0 Å². The molecule has 0 atom stereocenters. The molecule has 0 saturated heterocycles. The SMILES string of the molecule is [CH2]SC(=S)OC. The summed E-state index contributed by atoms with van der Waals surface area (Å²) < 4.78 is 5.01. The maximum Gasteiger partial charge on any atom is 0.219 e. The molecular weight excluding hydrogens is 116 g/mol. The van der Waals surface area contributed by atoms with Crippen LogP contribution in [0.5, 0.6) is 0 Å². The van der Waals surface area contributed by atoms with Gasteiger partial charge in [-0.05, 0) is 12.2 Å². The average Bonchev–Trinajstić information content (AvgIpc) is 1.65. The van der Waals surface area contributed by atoms with Gasteiger partial charge < -0.3 is 4.74 Å². The fourth-order valence-corrected chi connectivity index (χ4v) is 0.177. The second-order valence-corrected chi connectivity index (χ2v) is 1.89. The fraction of sp³-hybridized carbons (Fsp3) is 0.333. The Morgan fingerprint density at radius 2 is 2.50 bits per heavy atom. The zero-order valence-electron chi connectivity index (χ0n) is 3.43. The summed E-state index contributed by atoms with van der Waals surface area (Å²) in [5.74, 6) is 0. The van der Waals surface area contributed by atoms with Crippen molar-refractivity contribution in [2.24, 2.45) is 0 Å². The maximum atomic E-state index is 4.53. The van der Waals surface area contributed by atoms with E-state index < -0.39 is 0 Å². The Hall–Kier alpha value is 0.240. The molecule has 0 saturated carbocycles. The van der Waals surface area contributed by atoms with Crippen LogP contribution in [0.15, 0.2) is 0 Å². The lowest BCUT2D eigenvalue weighted by Gasteiger charge is -1.90. The van der Waals surface area contributed by atoms with Crippen molar-refractivity contribution in [2.45, 2.75) is 0 Å². The standard InChI is InChI=1S/C3H5OS2/c1-4-3(5)6-2/h2H2,1H3. The van der Waals surface area contributed by atoms with Crippen molar-refractivity contribution >= 4 is 28.4 Å². The first-order chi connectivity index (χ1) is 2.81. The monoisotopic (exact) mass is 121 g/mol. The minimum absolute atomic E-state index is 0.481. The molecule has 0 unspecified atom stereocenters. The summed E-state index contributed by atoms with van der Waals surface area (Å²) in [6.45, 7) is 0. The van der Waals surface area contributed by atoms with Crippen molar-refractivity contribution in [3.05, 3.63) is 6.26 Å². The molecule has 3 heteroatoms. The smallest absolute Gasteiger partial charge is 0.219 e. The molecule has 0 aliphatic heterocycles. The maximum absolute atomic E-state index is 4.53. The van der Waals surface area contributed by atoms with Crippen LogP contribution in [0.3, 0.4) is 0 Å². The zero-order valence-corrected chi connectivity index (χ0v) is 5.06.